The highest BCUT2D eigenvalue weighted by Gasteiger charge is 1.99. The third-order valence-corrected chi connectivity index (χ3v) is 2.12. The molecule has 0 aliphatic heterocycles. The number of nitrogens with two attached hydrogens (primary N) is 1. The first kappa shape index (κ1) is 10.6. The molecule has 0 aliphatic rings. The van der Waals surface area contributed by atoms with Crippen molar-refractivity contribution in [1.29, 1.82) is 0 Å². The summed E-state index contributed by atoms with van der Waals surface area (Å²) in [6.45, 7) is 0.491. The molecule has 2 rings (SSSR count). The average molecular weight is 217 g/mol. The fraction of sp³-hybridized carbons (Fsp3) is 0.0833. The molecule has 0 saturated carbocycles. The highest BCUT2D eigenvalue weighted by molar-refractivity contribution is 5.48. The molecular formula is C12H12FN3. The van der Waals surface area contributed by atoms with E-state index in [0.29, 0.717) is 12.2 Å². The molecule has 82 valence electrons. The van der Waals surface area contributed by atoms with E-state index in [1.54, 1.807) is 23.0 Å². The Balaban J connectivity index is 2.28. The van der Waals surface area contributed by atoms with E-state index in [2.05, 4.69) is 5.10 Å². The zero-order valence-corrected chi connectivity index (χ0v) is 8.68. The molecule has 0 saturated heterocycles. The molecular weight excluding hydrogens is 205 g/mol. The van der Waals surface area contributed by atoms with Crippen LogP contribution in [0.4, 0.5) is 4.39 Å². The molecule has 0 fully saturated rings. The fourth-order valence-electron chi connectivity index (χ4n) is 1.39. The molecule has 0 bridgehead atoms. The van der Waals surface area contributed by atoms with Gasteiger partial charge in [0.2, 0.25) is 0 Å². The quantitative estimate of drug-likeness (QED) is 0.854. The summed E-state index contributed by atoms with van der Waals surface area (Å²) in [5, 5.41) is 4.14. The van der Waals surface area contributed by atoms with Crippen LogP contribution >= 0.6 is 0 Å². The van der Waals surface area contributed by atoms with Crippen LogP contribution in [0, 0.1) is 5.82 Å². The molecule has 1 aromatic carbocycles. The standard InChI is InChI=1S/C12H12FN3/c13-11-4-1-5-12(7-11)16-9-10(8-15-16)3-2-6-14/h1-5,7-9H,6,14H2. The van der Waals surface area contributed by atoms with Gasteiger partial charge in [-0.3, -0.25) is 0 Å². The zero-order valence-electron chi connectivity index (χ0n) is 8.68. The Morgan fingerprint density at radius 1 is 1.44 bits per heavy atom. The normalized spacial score (nSPS) is 11.1. The Bertz CT molecular complexity index is 502. The Kier molecular flexibility index (Phi) is 3.12. The first-order chi connectivity index (χ1) is 7.79. The van der Waals surface area contributed by atoms with Gasteiger partial charge in [-0.1, -0.05) is 18.2 Å². The third kappa shape index (κ3) is 2.35. The van der Waals surface area contributed by atoms with Crippen LogP contribution in [-0.4, -0.2) is 16.3 Å². The van der Waals surface area contributed by atoms with Crippen molar-refractivity contribution in [1.82, 2.24) is 9.78 Å². The molecule has 4 heteroatoms. The zero-order chi connectivity index (χ0) is 11.4. The van der Waals surface area contributed by atoms with E-state index in [0.717, 1.165) is 5.56 Å². The predicted octanol–water partition coefficient (Wildman–Crippen LogP) is 1.98. The Hall–Kier alpha value is -1.94. The van der Waals surface area contributed by atoms with Crippen LogP contribution in [0.3, 0.4) is 0 Å². The molecule has 0 atom stereocenters. The number of nitrogens with zero attached hydrogens (tertiary/aromatic N) is 2. The second-order valence-corrected chi connectivity index (χ2v) is 3.34. The van der Waals surface area contributed by atoms with Crippen molar-refractivity contribution in [3.05, 3.63) is 54.1 Å². The van der Waals surface area contributed by atoms with Crippen LogP contribution < -0.4 is 5.73 Å². The molecule has 2 aromatic rings. The van der Waals surface area contributed by atoms with E-state index in [4.69, 9.17) is 5.73 Å². The van der Waals surface area contributed by atoms with E-state index >= 15 is 0 Å². The van der Waals surface area contributed by atoms with Gasteiger partial charge in [0.15, 0.2) is 0 Å². The third-order valence-electron chi connectivity index (χ3n) is 2.12. The minimum absolute atomic E-state index is 0.271. The molecule has 0 amide bonds. The van der Waals surface area contributed by atoms with Crippen molar-refractivity contribution in [2.24, 2.45) is 5.73 Å². The molecule has 16 heavy (non-hydrogen) atoms. The summed E-state index contributed by atoms with van der Waals surface area (Å²) >= 11 is 0. The van der Waals surface area contributed by atoms with Crippen LogP contribution in [-0.2, 0) is 0 Å². The summed E-state index contributed by atoms with van der Waals surface area (Å²) in [6.07, 6.45) is 7.24. The lowest BCUT2D eigenvalue weighted by Gasteiger charge is -1.99. The smallest absolute Gasteiger partial charge is 0.125 e. The summed E-state index contributed by atoms with van der Waals surface area (Å²) < 4.78 is 14.6. The van der Waals surface area contributed by atoms with Crippen LogP contribution in [0.2, 0.25) is 0 Å². The number of halogens is 1. The van der Waals surface area contributed by atoms with Gasteiger partial charge >= 0.3 is 0 Å². The monoisotopic (exact) mass is 217 g/mol. The minimum Gasteiger partial charge on any atom is -0.327 e. The van der Waals surface area contributed by atoms with Crippen molar-refractivity contribution in [3.8, 4) is 5.69 Å². The van der Waals surface area contributed by atoms with Crippen molar-refractivity contribution in [2.75, 3.05) is 6.54 Å². The van der Waals surface area contributed by atoms with Gasteiger partial charge < -0.3 is 5.73 Å². The van der Waals surface area contributed by atoms with Gasteiger partial charge in [0.25, 0.3) is 0 Å². The van der Waals surface area contributed by atoms with Gasteiger partial charge in [0, 0.05) is 18.3 Å². The van der Waals surface area contributed by atoms with Crippen LogP contribution in [0.25, 0.3) is 11.8 Å². The van der Waals surface area contributed by atoms with Gasteiger partial charge in [-0.25, -0.2) is 9.07 Å². The maximum absolute atomic E-state index is 13.0. The lowest BCUT2D eigenvalue weighted by Crippen LogP contribution is -1.94. The van der Waals surface area contributed by atoms with Gasteiger partial charge in [-0.2, -0.15) is 5.10 Å². The lowest BCUT2D eigenvalue weighted by molar-refractivity contribution is 0.625. The number of hydrogen-bond donors (Lipinski definition) is 1. The van der Waals surface area contributed by atoms with Crippen molar-refractivity contribution in [2.45, 2.75) is 0 Å². The topological polar surface area (TPSA) is 43.8 Å². The maximum atomic E-state index is 13.0. The number of rotatable bonds is 3. The molecule has 0 unspecified atom stereocenters. The average Bonchev–Trinajstić information content (AvgIpc) is 2.75. The van der Waals surface area contributed by atoms with E-state index in [-0.39, 0.29) is 5.82 Å². The van der Waals surface area contributed by atoms with E-state index in [1.807, 2.05) is 18.3 Å². The number of aromatic nitrogens is 2. The largest absolute Gasteiger partial charge is 0.327 e. The molecule has 1 heterocycles. The Morgan fingerprint density at radius 3 is 3.06 bits per heavy atom. The SMILES string of the molecule is NCC=Cc1cnn(-c2cccc(F)c2)c1. The first-order valence-electron chi connectivity index (χ1n) is 4.97. The second-order valence-electron chi connectivity index (χ2n) is 3.34. The van der Waals surface area contributed by atoms with Crippen LogP contribution in [0.1, 0.15) is 5.56 Å². The van der Waals surface area contributed by atoms with Gasteiger partial charge in [0.05, 0.1) is 11.9 Å². The number of benzene rings is 1. The molecule has 3 nitrogen and oxygen atoms in total. The maximum Gasteiger partial charge on any atom is 0.125 e. The predicted molar refractivity (Wildman–Crippen MR) is 61.6 cm³/mol. The fourth-order valence-corrected chi connectivity index (χ4v) is 1.39. The van der Waals surface area contributed by atoms with E-state index in [1.165, 1.54) is 12.1 Å². The molecule has 2 N–H and O–H groups in total. The molecule has 1 aromatic heterocycles. The minimum atomic E-state index is -0.271. The second kappa shape index (κ2) is 4.72. The van der Waals surface area contributed by atoms with E-state index < -0.39 is 0 Å². The highest BCUT2D eigenvalue weighted by atomic mass is 19.1. The van der Waals surface area contributed by atoms with Gasteiger partial charge in [-0.15, -0.1) is 0 Å². The molecule has 0 radical (unpaired) electrons. The van der Waals surface area contributed by atoms with Crippen molar-refractivity contribution in [3.63, 3.8) is 0 Å². The first-order valence-corrected chi connectivity index (χ1v) is 4.97. The van der Waals surface area contributed by atoms with Crippen molar-refractivity contribution < 1.29 is 4.39 Å². The molecule has 0 aliphatic carbocycles. The summed E-state index contributed by atoms with van der Waals surface area (Å²) in [5.74, 6) is -0.271. The summed E-state index contributed by atoms with van der Waals surface area (Å²) in [5.41, 5.74) is 6.99. The summed E-state index contributed by atoms with van der Waals surface area (Å²) in [6, 6.07) is 6.29. The van der Waals surface area contributed by atoms with Crippen LogP contribution in [0.5, 0.6) is 0 Å². The Labute approximate surface area is 93.0 Å². The molecule has 0 spiro atoms. The van der Waals surface area contributed by atoms with Crippen LogP contribution in [0.15, 0.2) is 42.7 Å². The van der Waals surface area contributed by atoms with Gasteiger partial charge in [0.1, 0.15) is 5.82 Å². The van der Waals surface area contributed by atoms with E-state index in [9.17, 15) is 4.39 Å². The number of hydrogen-bond acceptors (Lipinski definition) is 2. The summed E-state index contributed by atoms with van der Waals surface area (Å²) in [4.78, 5) is 0. The lowest BCUT2D eigenvalue weighted by atomic mass is 10.3. The van der Waals surface area contributed by atoms with Crippen molar-refractivity contribution >= 4 is 6.08 Å². The Morgan fingerprint density at radius 2 is 2.31 bits per heavy atom. The van der Waals surface area contributed by atoms with Gasteiger partial charge in [-0.05, 0) is 18.2 Å². The summed E-state index contributed by atoms with van der Waals surface area (Å²) in [7, 11) is 0. The highest BCUT2D eigenvalue weighted by Crippen LogP contribution is 2.10.